The maximum absolute atomic E-state index is 10.9. The summed E-state index contributed by atoms with van der Waals surface area (Å²) >= 11 is 1.92. The lowest BCUT2D eigenvalue weighted by molar-refractivity contribution is -0.379. The molecule has 309 valence electrons. The molecule has 0 saturated carbocycles. The topological polar surface area (TPSA) is 258 Å². The van der Waals surface area contributed by atoms with Crippen LogP contribution >= 0.6 is 11.8 Å². The lowest BCUT2D eigenvalue weighted by Crippen LogP contribution is -2.66. The van der Waals surface area contributed by atoms with Crippen molar-refractivity contribution in [2.24, 2.45) is 0 Å². The van der Waals surface area contributed by atoms with Gasteiger partial charge >= 0.3 is 0 Å². The van der Waals surface area contributed by atoms with E-state index >= 15 is 0 Å². The van der Waals surface area contributed by atoms with Crippen LogP contribution in [-0.2, 0) is 28.4 Å². The van der Waals surface area contributed by atoms with Gasteiger partial charge in [0, 0.05) is 34.4 Å². The van der Waals surface area contributed by atoms with Crippen molar-refractivity contribution in [2.75, 3.05) is 37.9 Å². The highest BCUT2D eigenvalue weighted by atomic mass is 32.2. The van der Waals surface area contributed by atoms with E-state index in [0.29, 0.717) is 6.42 Å². The first kappa shape index (κ1) is 47.7. The van der Waals surface area contributed by atoms with Crippen LogP contribution in [0.1, 0.15) is 32.1 Å². The van der Waals surface area contributed by atoms with Gasteiger partial charge in [0.2, 0.25) is 0 Å². The average molecular weight is 832 g/mol. The molecule has 3 saturated heterocycles. The van der Waals surface area contributed by atoms with Gasteiger partial charge in [-0.25, -0.2) is 0 Å². The van der Waals surface area contributed by atoms with Crippen molar-refractivity contribution >= 4 is 39.6 Å². The van der Waals surface area contributed by atoms with Gasteiger partial charge < -0.3 is 79.5 Å². The maximum Gasteiger partial charge on any atom is 0.187 e. The first-order valence-electron chi connectivity index (χ1n) is 18.7. The summed E-state index contributed by atoms with van der Waals surface area (Å²) in [7, 11) is 2.13. The second-order valence-electron chi connectivity index (χ2n) is 14.0. The van der Waals surface area contributed by atoms with Crippen LogP contribution in [0.3, 0.4) is 0 Å². The predicted molar refractivity (Wildman–Crippen MR) is 198 cm³/mol. The molecule has 0 aromatic carbocycles. The fraction of sp³-hybridized carbons (Fsp3) is 1.00. The summed E-state index contributed by atoms with van der Waals surface area (Å²) in [6.07, 6.45) is -18.3. The quantitative estimate of drug-likeness (QED) is 0.0352. The van der Waals surface area contributed by atoms with Crippen LogP contribution in [-0.4, -0.2) is 209 Å². The van der Waals surface area contributed by atoms with Crippen LogP contribution in [0.25, 0.3) is 0 Å². The maximum atomic E-state index is 10.9. The molecule has 3 aliphatic heterocycles. The van der Waals surface area contributed by atoms with Gasteiger partial charge in [0.1, 0.15) is 73.2 Å². The molecule has 0 aliphatic carbocycles. The van der Waals surface area contributed by atoms with E-state index < -0.39 is 112 Å². The minimum atomic E-state index is -1.89. The third-order valence-corrected chi connectivity index (χ3v) is 14.8. The zero-order chi connectivity index (χ0) is 38.9. The number of ether oxygens (including phenoxy) is 6. The highest BCUT2D eigenvalue weighted by molar-refractivity contribution is 7.99. The number of rotatable bonds is 25. The Morgan fingerprint density at radius 3 is 1.57 bits per heavy atom. The van der Waals surface area contributed by atoms with E-state index in [0.717, 1.165) is 37.0 Å². The summed E-state index contributed by atoms with van der Waals surface area (Å²) in [6, 6.07) is 6.91. The van der Waals surface area contributed by atoms with Crippen molar-refractivity contribution in [1.29, 1.82) is 0 Å². The Labute approximate surface area is 323 Å². The zero-order valence-electron chi connectivity index (χ0n) is 30.8. The number of hydrogen-bond acceptors (Lipinski definition) is 17. The molecular formula is C33H63O16SSi3. The predicted octanol–water partition coefficient (Wildman–Crippen LogP) is -2.03. The normalized spacial score (nSPS) is 38.1. The van der Waals surface area contributed by atoms with E-state index in [1.807, 2.05) is 11.8 Å². The Morgan fingerprint density at radius 2 is 1.00 bits per heavy atom. The van der Waals surface area contributed by atoms with E-state index in [9.17, 15) is 51.1 Å². The second kappa shape index (κ2) is 25.7. The van der Waals surface area contributed by atoms with Crippen molar-refractivity contribution in [1.82, 2.24) is 0 Å². The minimum absolute atomic E-state index is 0.0590. The number of hydrogen-bond donors (Lipinski definition) is 10. The number of aliphatic hydroxyl groups is 10. The Bertz CT molecular complexity index is 964. The summed E-state index contributed by atoms with van der Waals surface area (Å²) in [6.45, 7) is 2.84. The molecule has 0 aromatic rings. The van der Waals surface area contributed by atoms with Gasteiger partial charge in [-0.3, -0.25) is 0 Å². The molecule has 3 aliphatic rings. The summed E-state index contributed by atoms with van der Waals surface area (Å²) in [5.74, 6) is 2.11. The molecule has 0 amide bonds. The Hall–Kier alpha value is 0.361. The van der Waals surface area contributed by atoms with Crippen molar-refractivity contribution in [2.45, 2.75) is 168 Å². The van der Waals surface area contributed by atoms with Gasteiger partial charge in [-0.1, -0.05) is 56.2 Å². The van der Waals surface area contributed by atoms with Gasteiger partial charge in [0.25, 0.3) is 0 Å². The zero-order valence-corrected chi connectivity index (χ0v) is 34.6. The van der Waals surface area contributed by atoms with Gasteiger partial charge in [0.15, 0.2) is 18.9 Å². The molecular weight excluding hydrogens is 769 g/mol. The molecule has 3 heterocycles. The number of aliphatic hydroxyl groups excluding tert-OH is 10. The van der Waals surface area contributed by atoms with Gasteiger partial charge in [0.05, 0.1) is 19.8 Å². The Kier molecular flexibility index (Phi) is 23.1. The van der Waals surface area contributed by atoms with Crippen LogP contribution in [0.5, 0.6) is 0 Å². The molecule has 0 aromatic heterocycles. The molecule has 20 heteroatoms. The Balaban J connectivity index is 1.34. The standard InChI is InChI=1S/C33H63O16SSi3/c1-53(2)15-7-14-52-13-6-12-51-11-5-10-50-9-4-3-8-44-31-27(42)24(39)29(20(17-35)46-31)49-33-28(43)25(40)30(21(18-36)47-33)48-32-26(41)23(38)22(37)19(16-34)45-32/h19-43H,3-18H2,1-2H3/t19?,20-,21?,22+,23+,24?,25-,26?,27?,28?,29-,30+,31+,32+,33+/m1/s1. The third-order valence-electron chi connectivity index (χ3n) is 9.42. The fourth-order valence-electron chi connectivity index (χ4n) is 6.24. The summed E-state index contributed by atoms with van der Waals surface area (Å²) in [5, 5.41) is 103. The highest BCUT2D eigenvalue weighted by Gasteiger charge is 2.53. The van der Waals surface area contributed by atoms with Crippen molar-refractivity contribution in [3.8, 4) is 0 Å². The molecule has 10 N–H and O–H groups in total. The molecule has 6 unspecified atom stereocenters. The smallest absolute Gasteiger partial charge is 0.187 e. The monoisotopic (exact) mass is 831 g/mol. The van der Waals surface area contributed by atoms with Crippen LogP contribution in [0.4, 0.5) is 0 Å². The van der Waals surface area contributed by atoms with E-state index in [-0.39, 0.29) is 15.4 Å². The third kappa shape index (κ3) is 14.9. The van der Waals surface area contributed by atoms with E-state index in [1.165, 1.54) is 49.5 Å². The number of unbranched alkanes of at least 4 members (excludes halogenated alkanes) is 1. The van der Waals surface area contributed by atoms with Gasteiger partial charge in [-0.05, 0) is 30.8 Å². The largest absolute Gasteiger partial charge is 0.394 e. The van der Waals surface area contributed by atoms with Crippen molar-refractivity contribution < 1.29 is 79.5 Å². The van der Waals surface area contributed by atoms with Crippen LogP contribution < -0.4 is 0 Å². The van der Waals surface area contributed by atoms with Crippen molar-refractivity contribution in [3.05, 3.63) is 0 Å². The first-order valence-corrected chi connectivity index (χ1v) is 25.4. The van der Waals surface area contributed by atoms with Crippen LogP contribution in [0.15, 0.2) is 0 Å². The average Bonchev–Trinajstić information content (AvgIpc) is 3.14. The first-order chi connectivity index (χ1) is 25.4. The van der Waals surface area contributed by atoms with Crippen LogP contribution in [0.2, 0.25) is 43.3 Å². The number of thioether (sulfide) groups is 1. The van der Waals surface area contributed by atoms with E-state index in [4.69, 9.17) is 28.4 Å². The summed E-state index contributed by atoms with van der Waals surface area (Å²) in [5.41, 5.74) is 0. The Morgan fingerprint density at radius 1 is 0.528 bits per heavy atom. The molecule has 5 radical (unpaired) electrons. The fourth-order valence-corrected chi connectivity index (χ4v) is 11.3. The molecule has 16 nitrogen and oxygen atoms in total. The molecule has 0 bridgehead atoms. The molecule has 53 heavy (non-hydrogen) atoms. The van der Waals surface area contributed by atoms with Gasteiger partial charge in [-0.15, -0.1) is 0 Å². The molecule has 15 atom stereocenters. The van der Waals surface area contributed by atoms with Crippen LogP contribution in [0, 0.1) is 0 Å². The van der Waals surface area contributed by atoms with E-state index in [1.54, 1.807) is 0 Å². The molecule has 0 spiro atoms. The van der Waals surface area contributed by atoms with E-state index in [2.05, 4.69) is 13.1 Å². The molecule has 3 rings (SSSR count). The summed E-state index contributed by atoms with van der Waals surface area (Å²) in [4.78, 5) is 0. The lowest BCUT2D eigenvalue weighted by Gasteiger charge is -2.48. The highest BCUT2D eigenvalue weighted by Crippen LogP contribution is 2.32. The minimum Gasteiger partial charge on any atom is -0.394 e. The van der Waals surface area contributed by atoms with Crippen molar-refractivity contribution in [3.63, 3.8) is 0 Å². The SMILES string of the molecule is C[Si](C)CCC[Si]CCC[Si]CCCSCCCCO[C@H]1O[C@H](CO)[C@@H](O[C@@H]2OC(CO)[C@H](O[C@@H]3OC(CO)[C@H](O)[C@H](O)C3O)[C@H](O)C2O)C(O)C1O. The second-order valence-corrected chi connectivity index (χ2v) is 21.2. The molecule has 3 fully saturated rings. The van der Waals surface area contributed by atoms with Gasteiger partial charge in [-0.2, -0.15) is 11.8 Å². The lowest BCUT2D eigenvalue weighted by atomic mass is 9.96. The summed E-state index contributed by atoms with van der Waals surface area (Å²) < 4.78 is 33.6.